The molecule has 1 rings (SSSR count). The van der Waals surface area contributed by atoms with E-state index in [-0.39, 0.29) is 5.91 Å². The highest BCUT2D eigenvalue weighted by Gasteiger charge is 2.03. The fourth-order valence-electron chi connectivity index (χ4n) is 1.22. The Morgan fingerprint density at radius 3 is 2.71 bits per heavy atom. The summed E-state index contributed by atoms with van der Waals surface area (Å²) in [5.74, 6) is -0.0425. The van der Waals surface area contributed by atoms with Crippen LogP contribution in [0.4, 0.5) is 5.69 Å². The first-order chi connectivity index (χ1) is 8.09. The molecule has 0 fully saturated rings. The van der Waals surface area contributed by atoms with Crippen molar-refractivity contribution in [2.75, 3.05) is 18.4 Å². The first kappa shape index (κ1) is 13.9. The van der Waals surface area contributed by atoms with Crippen molar-refractivity contribution in [2.24, 2.45) is 0 Å². The van der Waals surface area contributed by atoms with E-state index >= 15 is 0 Å². The molecule has 1 aromatic carbocycles. The zero-order chi connectivity index (χ0) is 12.7. The lowest BCUT2D eigenvalue weighted by Crippen LogP contribution is -2.28. The molecule has 0 saturated carbocycles. The van der Waals surface area contributed by atoms with E-state index in [0.29, 0.717) is 13.1 Å². The maximum atomic E-state index is 11.6. The van der Waals surface area contributed by atoms with Gasteiger partial charge in [-0.05, 0) is 41.9 Å². The van der Waals surface area contributed by atoms with E-state index in [1.807, 2.05) is 44.2 Å². The van der Waals surface area contributed by atoms with E-state index in [4.69, 9.17) is 0 Å². The normalized spacial score (nSPS) is 9.82. The van der Waals surface area contributed by atoms with Crippen molar-refractivity contribution in [3.05, 3.63) is 40.4 Å². The summed E-state index contributed by atoms with van der Waals surface area (Å²) in [6.45, 7) is 5.09. The molecule has 0 aliphatic rings. The second-order valence-corrected chi connectivity index (χ2v) is 4.79. The van der Waals surface area contributed by atoms with E-state index in [2.05, 4.69) is 26.6 Å². The second-order valence-electron chi connectivity index (χ2n) is 3.94. The van der Waals surface area contributed by atoms with E-state index in [9.17, 15) is 4.79 Å². The molecule has 1 amide bonds. The highest BCUT2D eigenvalue weighted by molar-refractivity contribution is 9.10. The Kier molecular flexibility index (Phi) is 5.94. The number of benzene rings is 1. The number of allylic oxidation sites excluding steroid dienone is 1. The summed E-state index contributed by atoms with van der Waals surface area (Å²) in [5.41, 5.74) is 2.03. The van der Waals surface area contributed by atoms with Crippen molar-refractivity contribution < 1.29 is 4.79 Å². The van der Waals surface area contributed by atoms with Crippen molar-refractivity contribution in [1.82, 2.24) is 5.32 Å². The van der Waals surface area contributed by atoms with Crippen LogP contribution >= 0.6 is 15.9 Å². The molecular weight excluding hydrogens is 280 g/mol. The Morgan fingerprint density at radius 2 is 2.06 bits per heavy atom. The van der Waals surface area contributed by atoms with Gasteiger partial charge in [0.05, 0.1) is 12.2 Å². The molecule has 2 N–H and O–H groups in total. The number of carbonyl (C=O) groups excluding carboxylic acids is 1. The van der Waals surface area contributed by atoms with E-state index in [1.54, 1.807) is 0 Å². The number of halogens is 1. The van der Waals surface area contributed by atoms with Crippen molar-refractivity contribution in [3.63, 3.8) is 0 Å². The maximum absolute atomic E-state index is 11.6. The fourth-order valence-corrected chi connectivity index (χ4v) is 1.60. The summed E-state index contributed by atoms with van der Waals surface area (Å²) < 4.78 is 0.887. The summed E-state index contributed by atoms with van der Waals surface area (Å²) in [6, 6.07) is 7.55. The molecule has 4 heteroatoms. The standard InChI is InChI=1S/C13H17BrN2O/c1-10(2)7-8-15-9-13(17)16-12-6-4-3-5-11(12)14/h3-7,15H,8-9H2,1-2H3,(H,16,17). The Balaban J connectivity index is 2.35. The third kappa shape index (κ3) is 5.65. The number of para-hydroxylation sites is 1. The molecule has 0 unspecified atom stereocenters. The predicted octanol–water partition coefficient (Wildman–Crippen LogP) is 2.94. The van der Waals surface area contributed by atoms with Crippen LogP contribution in [0, 0.1) is 0 Å². The van der Waals surface area contributed by atoms with Gasteiger partial charge in [-0.3, -0.25) is 4.79 Å². The first-order valence-electron chi connectivity index (χ1n) is 5.48. The van der Waals surface area contributed by atoms with E-state index in [0.717, 1.165) is 10.2 Å². The molecule has 92 valence electrons. The van der Waals surface area contributed by atoms with Crippen LogP contribution < -0.4 is 10.6 Å². The van der Waals surface area contributed by atoms with Gasteiger partial charge in [-0.2, -0.15) is 0 Å². The van der Waals surface area contributed by atoms with Gasteiger partial charge < -0.3 is 10.6 Å². The molecule has 0 atom stereocenters. The Morgan fingerprint density at radius 1 is 1.35 bits per heavy atom. The van der Waals surface area contributed by atoms with E-state index in [1.165, 1.54) is 5.57 Å². The molecule has 0 saturated heterocycles. The van der Waals surface area contributed by atoms with Gasteiger partial charge in [0.15, 0.2) is 0 Å². The molecule has 1 aromatic rings. The molecule has 0 heterocycles. The van der Waals surface area contributed by atoms with Crippen LogP contribution in [0.2, 0.25) is 0 Å². The van der Waals surface area contributed by atoms with E-state index < -0.39 is 0 Å². The molecule has 0 bridgehead atoms. The van der Waals surface area contributed by atoms with Gasteiger partial charge in [0.2, 0.25) is 5.91 Å². The molecule has 0 spiro atoms. The summed E-state index contributed by atoms with van der Waals surface area (Å²) >= 11 is 3.38. The Hall–Kier alpha value is -1.13. The monoisotopic (exact) mass is 296 g/mol. The Labute approximate surface area is 110 Å². The highest BCUT2D eigenvalue weighted by Crippen LogP contribution is 2.20. The highest BCUT2D eigenvalue weighted by atomic mass is 79.9. The summed E-state index contributed by atoms with van der Waals surface area (Å²) in [4.78, 5) is 11.6. The number of carbonyl (C=O) groups is 1. The largest absolute Gasteiger partial charge is 0.324 e. The average molecular weight is 297 g/mol. The minimum Gasteiger partial charge on any atom is -0.324 e. The maximum Gasteiger partial charge on any atom is 0.238 e. The SMILES string of the molecule is CC(C)=CCNCC(=O)Nc1ccccc1Br. The van der Waals surface area contributed by atoms with Crippen LogP contribution in [0.1, 0.15) is 13.8 Å². The van der Waals surface area contributed by atoms with Crippen molar-refractivity contribution in [3.8, 4) is 0 Å². The number of anilines is 1. The molecule has 3 nitrogen and oxygen atoms in total. The second kappa shape index (κ2) is 7.25. The lowest BCUT2D eigenvalue weighted by molar-refractivity contribution is -0.115. The van der Waals surface area contributed by atoms with Crippen molar-refractivity contribution in [2.45, 2.75) is 13.8 Å². The number of amides is 1. The van der Waals surface area contributed by atoms with Crippen LogP contribution in [-0.2, 0) is 4.79 Å². The van der Waals surface area contributed by atoms with Gasteiger partial charge in [-0.1, -0.05) is 23.8 Å². The summed E-state index contributed by atoms with van der Waals surface area (Å²) in [5, 5.41) is 5.88. The van der Waals surface area contributed by atoms with Crippen molar-refractivity contribution >= 4 is 27.5 Å². The first-order valence-corrected chi connectivity index (χ1v) is 6.27. The predicted molar refractivity (Wildman–Crippen MR) is 75.1 cm³/mol. The molecule has 0 aliphatic carbocycles. The topological polar surface area (TPSA) is 41.1 Å². The van der Waals surface area contributed by atoms with Crippen molar-refractivity contribution in [1.29, 1.82) is 0 Å². The van der Waals surface area contributed by atoms with Gasteiger partial charge in [-0.15, -0.1) is 0 Å². The number of hydrogen-bond acceptors (Lipinski definition) is 2. The molecular formula is C13H17BrN2O. The minimum absolute atomic E-state index is 0.0425. The van der Waals surface area contributed by atoms with Gasteiger partial charge in [0, 0.05) is 11.0 Å². The van der Waals surface area contributed by atoms with Crippen LogP contribution in [-0.4, -0.2) is 19.0 Å². The Bertz CT molecular complexity index is 412. The zero-order valence-electron chi connectivity index (χ0n) is 10.1. The molecule has 17 heavy (non-hydrogen) atoms. The number of hydrogen-bond donors (Lipinski definition) is 2. The van der Waals surface area contributed by atoms with Gasteiger partial charge in [0.1, 0.15) is 0 Å². The minimum atomic E-state index is -0.0425. The average Bonchev–Trinajstić information content (AvgIpc) is 2.27. The van der Waals surface area contributed by atoms with Crippen LogP contribution in [0.25, 0.3) is 0 Å². The quantitative estimate of drug-likeness (QED) is 0.648. The van der Waals surface area contributed by atoms with Gasteiger partial charge in [0.25, 0.3) is 0 Å². The molecule has 0 aromatic heterocycles. The fraction of sp³-hybridized carbons (Fsp3) is 0.308. The number of nitrogens with one attached hydrogen (secondary N) is 2. The van der Waals surface area contributed by atoms with Crippen LogP contribution in [0.3, 0.4) is 0 Å². The molecule has 0 aliphatic heterocycles. The number of rotatable bonds is 5. The lowest BCUT2D eigenvalue weighted by atomic mass is 10.3. The lowest BCUT2D eigenvalue weighted by Gasteiger charge is -2.07. The zero-order valence-corrected chi connectivity index (χ0v) is 11.7. The van der Waals surface area contributed by atoms with Gasteiger partial charge in [-0.25, -0.2) is 0 Å². The summed E-state index contributed by atoms with van der Waals surface area (Å²) in [6.07, 6.45) is 2.05. The smallest absolute Gasteiger partial charge is 0.238 e. The summed E-state index contributed by atoms with van der Waals surface area (Å²) in [7, 11) is 0. The van der Waals surface area contributed by atoms with Gasteiger partial charge >= 0.3 is 0 Å². The third-order valence-corrected chi connectivity index (χ3v) is 2.78. The molecule has 0 radical (unpaired) electrons. The van der Waals surface area contributed by atoms with Crippen LogP contribution in [0.15, 0.2) is 40.4 Å². The third-order valence-electron chi connectivity index (χ3n) is 2.09. The van der Waals surface area contributed by atoms with Crippen LogP contribution in [0.5, 0.6) is 0 Å².